The van der Waals surface area contributed by atoms with Gasteiger partial charge in [0.05, 0.1) is 9.99 Å². The van der Waals surface area contributed by atoms with Crippen LogP contribution in [0.1, 0.15) is 26.3 Å². The van der Waals surface area contributed by atoms with E-state index < -0.39 is 17.4 Å². The normalized spacial score (nSPS) is 11.4. The van der Waals surface area contributed by atoms with Crippen molar-refractivity contribution in [2.45, 2.75) is 32.8 Å². The summed E-state index contributed by atoms with van der Waals surface area (Å²) in [7, 11) is 0. The lowest BCUT2D eigenvalue weighted by Gasteiger charge is -2.19. The van der Waals surface area contributed by atoms with Gasteiger partial charge >= 0.3 is 5.97 Å². The molecule has 3 nitrogen and oxygen atoms in total. The van der Waals surface area contributed by atoms with Crippen LogP contribution in [0.5, 0.6) is 0 Å². The van der Waals surface area contributed by atoms with E-state index >= 15 is 0 Å². The fourth-order valence-corrected chi connectivity index (χ4v) is 2.02. The van der Waals surface area contributed by atoms with Crippen LogP contribution in [0.2, 0.25) is 5.15 Å². The Morgan fingerprint density at radius 1 is 1.59 bits per heavy atom. The molecule has 0 atom stereocenters. The zero-order chi connectivity index (χ0) is 13.2. The maximum atomic E-state index is 13.4. The Balaban J connectivity index is 2.83. The van der Waals surface area contributed by atoms with Gasteiger partial charge in [0.25, 0.3) is 0 Å². The van der Waals surface area contributed by atoms with Crippen LogP contribution in [0.4, 0.5) is 4.39 Å². The van der Waals surface area contributed by atoms with Crippen LogP contribution in [0.3, 0.4) is 0 Å². The summed E-state index contributed by atoms with van der Waals surface area (Å²) in [5, 5.41) is -0.192. The van der Waals surface area contributed by atoms with Gasteiger partial charge < -0.3 is 4.74 Å². The van der Waals surface area contributed by atoms with E-state index in [9.17, 15) is 9.18 Å². The van der Waals surface area contributed by atoms with Crippen molar-refractivity contribution in [2.75, 3.05) is 0 Å². The first-order chi connectivity index (χ1) is 7.70. The molecule has 0 bridgehead atoms. The minimum Gasteiger partial charge on any atom is -0.460 e. The van der Waals surface area contributed by atoms with Crippen molar-refractivity contribution in [3.8, 4) is 0 Å². The summed E-state index contributed by atoms with van der Waals surface area (Å²) >= 11 is 7.32. The predicted octanol–water partition coefficient (Wildman–Crippen LogP) is 3.36. The molecule has 1 aromatic heterocycles. The molecule has 0 saturated carbocycles. The second-order valence-electron chi connectivity index (χ2n) is 4.47. The number of carbonyl (C=O) groups is 1. The summed E-state index contributed by atoms with van der Waals surface area (Å²) in [5.41, 5.74) is -0.0808. The number of esters is 1. The first kappa shape index (κ1) is 14.6. The molecule has 0 aliphatic rings. The molecule has 0 amide bonds. The van der Waals surface area contributed by atoms with Gasteiger partial charge in [-0.15, -0.1) is 0 Å². The lowest BCUT2D eigenvalue weighted by molar-refractivity contribution is -0.153. The highest BCUT2D eigenvalue weighted by Crippen LogP contribution is 2.22. The highest BCUT2D eigenvalue weighted by molar-refractivity contribution is 14.1. The molecule has 0 N–H and O–H groups in total. The summed E-state index contributed by atoms with van der Waals surface area (Å²) in [6, 6.07) is 0. The largest absolute Gasteiger partial charge is 0.460 e. The number of pyridine rings is 1. The first-order valence-corrected chi connectivity index (χ1v) is 6.36. The van der Waals surface area contributed by atoms with Crippen LogP contribution in [-0.2, 0) is 16.0 Å². The smallest absolute Gasteiger partial charge is 0.310 e. The van der Waals surface area contributed by atoms with E-state index in [0.29, 0.717) is 9.13 Å². The van der Waals surface area contributed by atoms with E-state index in [2.05, 4.69) is 4.98 Å². The average Bonchev–Trinajstić information content (AvgIpc) is 2.16. The van der Waals surface area contributed by atoms with Crippen molar-refractivity contribution < 1.29 is 13.9 Å². The Morgan fingerprint density at radius 2 is 2.18 bits per heavy atom. The maximum absolute atomic E-state index is 13.4. The average molecular weight is 372 g/mol. The molecular formula is C11H12ClFINO2. The van der Waals surface area contributed by atoms with Gasteiger partial charge in [0.2, 0.25) is 0 Å². The monoisotopic (exact) mass is 371 g/mol. The maximum Gasteiger partial charge on any atom is 0.310 e. The van der Waals surface area contributed by atoms with Gasteiger partial charge in [-0.3, -0.25) is 4.79 Å². The lowest BCUT2D eigenvalue weighted by Crippen LogP contribution is -2.25. The summed E-state index contributed by atoms with van der Waals surface area (Å²) in [4.78, 5) is 15.2. The Hall–Kier alpha value is -0.430. The third-order valence-electron chi connectivity index (χ3n) is 1.74. The fraction of sp³-hybridized carbons (Fsp3) is 0.455. The molecule has 17 heavy (non-hydrogen) atoms. The third-order valence-corrected chi connectivity index (χ3v) is 3.17. The molecule has 0 aliphatic carbocycles. The van der Waals surface area contributed by atoms with Crippen molar-refractivity contribution in [3.05, 3.63) is 26.3 Å². The van der Waals surface area contributed by atoms with Crippen LogP contribution >= 0.6 is 34.2 Å². The fourth-order valence-electron chi connectivity index (χ4n) is 1.14. The molecule has 0 unspecified atom stereocenters. The Bertz CT molecular complexity index is 446. The molecule has 0 aromatic carbocycles. The molecule has 0 aliphatic heterocycles. The van der Waals surface area contributed by atoms with Gasteiger partial charge in [0, 0.05) is 6.20 Å². The molecule has 0 fully saturated rings. The molecule has 6 heteroatoms. The number of carbonyl (C=O) groups excluding carboxylic acids is 1. The Kier molecular flexibility index (Phi) is 4.71. The second-order valence-corrected chi connectivity index (χ2v) is 5.90. The van der Waals surface area contributed by atoms with E-state index in [0.717, 1.165) is 0 Å². The van der Waals surface area contributed by atoms with Gasteiger partial charge in [-0.25, -0.2) is 9.37 Å². The van der Waals surface area contributed by atoms with Crippen LogP contribution in [-0.4, -0.2) is 16.6 Å². The van der Waals surface area contributed by atoms with E-state index in [4.69, 9.17) is 16.3 Å². The quantitative estimate of drug-likeness (QED) is 0.455. The number of hydrogen-bond donors (Lipinski definition) is 0. The van der Waals surface area contributed by atoms with Crippen LogP contribution in [0.25, 0.3) is 0 Å². The molecule has 0 radical (unpaired) electrons. The number of ether oxygens (including phenoxy) is 1. The van der Waals surface area contributed by atoms with Gasteiger partial charge in [0.1, 0.15) is 5.60 Å². The van der Waals surface area contributed by atoms with E-state index in [1.165, 1.54) is 6.20 Å². The molecule has 0 spiro atoms. The van der Waals surface area contributed by atoms with Crippen LogP contribution in [0.15, 0.2) is 6.20 Å². The standard InChI is InChI=1S/C11H12ClFINO2/c1-11(2,3)17-7(16)4-6-5-15-10(12)8(13)9(6)14/h5H,4H2,1-3H3. The van der Waals surface area contributed by atoms with Crippen molar-refractivity contribution in [3.63, 3.8) is 0 Å². The SMILES string of the molecule is CC(C)(C)OC(=O)Cc1cnc(Cl)c(F)c1I. The zero-order valence-electron chi connectivity index (χ0n) is 9.68. The number of rotatable bonds is 2. The minimum absolute atomic E-state index is 0.0172. The molecule has 1 rings (SSSR count). The molecule has 1 aromatic rings. The minimum atomic E-state index is -0.603. The number of aromatic nitrogens is 1. The molecule has 0 saturated heterocycles. The van der Waals surface area contributed by atoms with E-state index in [-0.39, 0.29) is 11.6 Å². The third kappa shape index (κ3) is 4.39. The second kappa shape index (κ2) is 5.48. The van der Waals surface area contributed by atoms with Gasteiger partial charge in [-0.1, -0.05) is 11.6 Å². The Morgan fingerprint density at radius 3 is 2.71 bits per heavy atom. The highest BCUT2D eigenvalue weighted by Gasteiger charge is 2.19. The lowest BCUT2D eigenvalue weighted by atomic mass is 10.1. The predicted molar refractivity (Wildman–Crippen MR) is 71.5 cm³/mol. The zero-order valence-corrected chi connectivity index (χ0v) is 12.6. The van der Waals surface area contributed by atoms with Gasteiger partial charge in [0.15, 0.2) is 11.0 Å². The van der Waals surface area contributed by atoms with Crippen LogP contribution < -0.4 is 0 Å². The number of hydrogen-bond acceptors (Lipinski definition) is 3. The number of nitrogens with zero attached hydrogens (tertiary/aromatic N) is 1. The van der Waals surface area contributed by atoms with Crippen molar-refractivity contribution >= 4 is 40.2 Å². The first-order valence-electron chi connectivity index (χ1n) is 4.91. The highest BCUT2D eigenvalue weighted by atomic mass is 127. The van der Waals surface area contributed by atoms with Gasteiger partial charge in [-0.2, -0.15) is 0 Å². The molecule has 94 valence electrons. The van der Waals surface area contributed by atoms with Crippen LogP contribution in [0, 0.1) is 9.39 Å². The summed E-state index contributed by atoms with van der Waals surface area (Å²) in [5.74, 6) is -1.02. The van der Waals surface area contributed by atoms with Crippen molar-refractivity contribution in [1.29, 1.82) is 0 Å². The topological polar surface area (TPSA) is 39.2 Å². The van der Waals surface area contributed by atoms with Crippen molar-refractivity contribution in [1.82, 2.24) is 4.98 Å². The van der Waals surface area contributed by atoms with E-state index in [1.54, 1.807) is 43.4 Å². The van der Waals surface area contributed by atoms with Crippen molar-refractivity contribution in [2.24, 2.45) is 0 Å². The molecular weight excluding hydrogens is 359 g/mol. The Labute approximate surface area is 118 Å². The van der Waals surface area contributed by atoms with Gasteiger partial charge in [-0.05, 0) is 48.9 Å². The summed E-state index contributed by atoms with van der Waals surface area (Å²) in [6.45, 7) is 5.32. The summed E-state index contributed by atoms with van der Waals surface area (Å²) in [6.07, 6.45) is 1.37. The summed E-state index contributed by atoms with van der Waals surface area (Å²) < 4.78 is 18.9. The van der Waals surface area contributed by atoms with E-state index in [1.807, 2.05) is 0 Å². The molecule has 1 heterocycles. The number of halogens is 3.